The summed E-state index contributed by atoms with van der Waals surface area (Å²) in [5.41, 5.74) is 1.63. The summed E-state index contributed by atoms with van der Waals surface area (Å²) in [4.78, 5) is 14.5. The smallest absolute Gasteiger partial charge is 0.272 e. The number of amides is 1. The lowest BCUT2D eigenvalue weighted by Crippen LogP contribution is -2.12. The predicted molar refractivity (Wildman–Crippen MR) is 66.6 cm³/mol. The third-order valence-electron chi connectivity index (χ3n) is 2.29. The molecule has 0 bridgehead atoms. The van der Waals surface area contributed by atoms with Crippen LogP contribution in [0.25, 0.3) is 0 Å². The Kier molecular flexibility index (Phi) is 3.06. The minimum Gasteiger partial charge on any atom is -0.506 e. The van der Waals surface area contributed by atoms with Gasteiger partial charge in [0.25, 0.3) is 5.91 Å². The molecule has 1 aromatic heterocycles. The van der Waals surface area contributed by atoms with Gasteiger partial charge in [0.2, 0.25) is 0 Å². The average Bonchev–Trinajstić information content (AvgIpc) is 2.69. The van der Waals surface area contributed by atoms with Crippen LogP contribution in [0, 0.1) is 6.92 Å². The molecule has 0 aliphatic rings. The van der Waals surface area contributed by atoms with Crippen LogP contribution in [0.2, 0.25) is 5.02 Å². The number of rotatable bonds is 2. The monoisotopic (exact) mass is 250 g/mol. The van der Waals surface area contributed by atoms with E-state index >= 15 is 0 Å². The molecule has 0 saturated heterocycles. The number of aromatic nitrogens is 1. The van der Waals surface area contributed by atoms with E-state index in [0.29, 0.717) is 16.4 Å². The number of hydrogen-bond acceptors (Lipinski definition) is 2. The second-order valence-corrected chi connectivity index (χ2v) is 4.14. The van der Waals surface area contributed by atoms with E-state index in [2.05, 4.69) is 10.3 Å². The molecule has 1 aromatic carbocycles. The number of phenols is 1. The van der Waals surface area contributed by atoms with Crippen LogP contribution in [0.15, 0.2) is 30.5 Å². The Balaban J connectivity index is 2.18. The van der Waals surface area contributed by atoms with E-state index in [-0.39, 0.29) is 11.7 Å². The van der Waals surface area contributed by atoms with Crippen LogP contribution in [0.1, 0.15) is 16.1 Å². The van der Waals surface area contributed by atoms with Gasteiger partial charge in [0, 0.05) is 6.20 Å². The molecule has 0 aliphatic carbocycles. The number of anilines is 1. The SMILES string of the molecule is Cc1ccc(NC(=O)c2cc(Cl)c[nH]2)c(O)c1. The van der Waals surface area contributed by atoms with Crippen LogP contribution in [0.4, 0.5) is 5.69 Å². The van der Waals surface area contributed by atoms with Gasteiger partial charge >= 0.3 is 0 Å². The fourth-order valence-electron chi connectivity index (χ4n) is 1.44. The zero-order chi connectivity index (χ0) is 12.4. The summed E-state index contributed by atoms with van der Waals surface area (Å²) >= 11 is 5.70. The molecular weight excluding hydrogens is 240 g/mol. The van der Waals surface area contributed by atoms with Crippen molar-refractivity contribution >= 4 is 23.2 Å². The maximum absolute atomic E-state index is 11.8. The summed E-state index contributed by atoms with van der Waals surface area (Å²) in [5, 5.41) is 12.7. The van der Waals surface area contributed by atoms with Crippen LogP contribution in [-0.2, 0) is 0 Å². The van der Waals surface area contributed by atoms with Crippen molar-refractivity contribution in [3.63, 3.8) is 0 Å². The molecule has 0 radical (unpaired) electrons. The molecule has 4 nitrogen and oxygen atoms in total. The van der Waals surface area contributed by atoms with Crippen molar-refractivity contribution in [2.45, 2.75) is 6.92 Å². The van der Waals surface area contributed by atoms with E-state index in [9.17, 15) is 9.90 Å². The number of phenolic OH excluding ortho intramolecular Hbond substituents is 1. The number of carbonyl (C=O) groups excluding carboxylic acids is 1. The van der Waals surface area contributed by atoms with Crippen LogP contribution in [-0.4, -0.2) is 16.0 Å². The minimum absolute atomic E-state index is 0.0380. The Morgan fingerprint density at radius 2 is 2.18 bits per heavy atom. The predicted octanol–water partition coefficient (Wildman–Crippen LogP) is 2.93. The van der Waals surface area contributed by atoms with E-state index in [4.69, 9.17) is 11.6 Å². The van der Waals surface area contributed by atoms with Gasteiger partial charge in [-0.15, -0.1) is 0 Å². The highest BCUT2D eigenvalue weighted by Crippen LogP contribution is 2.24. The number of aromatic hydroxyl groups is 1. The van der Waals surface area contributed by atoms with E-state index in [0.717, 1.165) is 5.56 Å². The van der Waals surface area contributed by atoms with Gasteiger partial charge in [0.1, 0.15) is 11.4 Å². The Bertz CT molecular complexity index is 563. The molecule has 17 heavy (non-hydrogen) atoms. The van der Waals surface area contributed by atoms with Gasteiger partial charge in [-0.1, -0.05) is 17.7 Å². The fraction of sp³-hybridized carbons (Fsp3) is 0.0833. The summed E-state index contributed by atoms with van der Waals surface area (Å²) in [6.07, 6.45) is 1.52. The Labute approximate surface area is 103 Å². The van der Waals surface area contributed by atoms with Crippen LogP contribution < -0.4 is 5.32 Å². The summed E-state index contributed by atoms with van der Waals surface area (Å²) in [5.74, 6) is -0.313. The van der Waals surface area contributed by atoms with Crippen molar-refractivity contribution in [3.05, 3.63) is 46.7 Å². The highest BCUT2D eigenvalue weighted by Gasteiger charge is 2.10. The zero-order valence-corrected chi connectivity index (χ0v) is 9.88. The molecule has 2 aromatic rings. The van der Waals surface area contributed by atoms with Crippen molar-refractivity contribution in [2.75, 3.05) is 5.32 Å². The molecular formula is C12H11ClN2O2. The number of nitrogens with one attached hydrogen (secondary N) is 2. The molecule has 0 unspecified atom stereocenters. The Hall–Kier alpha value is -1.94. The maximum Gasteiger partial charge on any atom is 0.272 e. The first-order valence-corrected chi connectivity index (χ1v) is 5.39. The summed E-state index contributed by atoms with van der Waals surface area (Å²) < 4.78 is 0. The Morgan fingerprint density at radius 3 is 2.76 bits per heavy atom. The van der Waals surface area contributed by atoms with Crippen molar-refractivity contribution in [1.82, 2.24) is 4.98 Å². The van der Waals surface area contributed by atoms with Gasteiger partial charge < -0.3 is 15.4 Å². The lowest BCUT2D eigenvalue weighted by molar-refractivity contribution is 0.102. The minimum atomic E-state index is -0.351. The summed E-state index contributed by atoms with van der Waals surface area (Å²) in [6, 6.07) is 6.55. The molecule has 0 spiro atoms. The van der Waals surface area contributed by atoms with E-state index in [1.165, 1.54) is 12.3 Å². The summed E-state index contributed by atoms with van der Waals surface area (Å²) in [6.45, 7) is 1.86. The number of aromatic amines is 1. The molecule has 5 heteroatoms. The van der Waals surface area contributed by atoms with Gasteiger partial charge in [-0.2, -0.15) is 0 Å². The highest BCUT2D eigenvalue weighted by atomic mass is 35.5. The zero-order valence-electron chi connectivity index (χ0n) is 9.12. The number of H-pyrrole nitrogens is 1. The molecule has 1 heterocycles. The quantitative estimate of drug-likeness (QED) is 0.718. The van der Waals surface area contributed by atoms with Crippen molar-refractivity contribution in [3.8, 4) is 5.75 Å². The number of aryl methyl sites for hydroxylation is 1. The normalized spacial score (nSPS) is 10.2. The molecule has 88 valence electrons. The topological polar surface area (TPSA) is 65.1 Å². The van der Waals surface area contributed by atoms with Crippen LogP contribution in [0.3, 0.4) is 0 Å². The number of carbonyl (C=O) groups is 1. The molecule has 0 fully saturated rings. The molecule has 2 rings (SSSR count). The number of halogens is 1. The largest absolute Gasteiger partial charge is 0.506 e. The van der Waals surface area contributed by atoms with Gasteiger partial charge in [-0.3, -0.25) is 4.79 Å². The maximum atomic E-state index is 11.8. The standard InChI is InChI=1S/C12H11ClN2O2/c1-7-2-3-9(11(16)4-7)15-12(17)10-5-8(13)6-14-10/h2-6,14,16H,1H3,(H,15,17). The lowest BCUT2D eigenvalue weighted by Gasteiger charge is -2.06. The van der Waals surface area contributed by atoms with Gasteiger partial charge in [-0.05, 0) is 30.7 Å². The Morgan fingerprint density at radius 1 is 1.41 bits per heavy atom. The van der Waals surface area contributed by atoms with Gasteiger partial charge in [0.05, 0.1) is 10.7 Å². The third kappa shape index (κ3) is 2.60. The van der Waals surface area contributed by atoms with Crippen LogP contribution >= 0.6 is 11.6 Å². The lowest BCUT2D eigenvalue weighted by atomic mass is 10.2. The highest BCUT2D eigenvalue weighted by molar-refractivity contribution is 6.31. The fourth-order valence-corrected chi connectivity index (χ4v) is 1.60. The molecule has 0 aliphatic heterocycles. The second-order valence-electron chi connectivity index (χ2n) is 3.71. The van der Waals surface area contributed by atoms with Gasteiger partial charge in [0.15, 0.2) is 0 Å². The molecule has 3 N–H and O–H groups in total. The van der Waals surface area contributed by atoms with Crippen LogP contribution in [0.5, 0.6) is 5.75 Å². The summed E-state index contributed by atoms with van der Waals surface area (Å²) in [7, 11) is 0. The molecule has 0 saturated carbocycles. The van der Waals surface area contributed by atoms with Crippen molar-refractivity contribution < 1.29 is 9.90 Å². The number of benzene rings is 1. The van der Waals surface area contributed by atoms with E-state index < -0.39 is 0 Å². The van der Waals surface area contributed by atoms with Crippen molar-refractivity contribution in [2.24, 2.45) is 0 Å². The first-order chi connectivity index (χ1) is 8.06. The first kappa shape index (κ1) is 11.5. The van der Waals surface area contributed by atoms with E-state index in [1.54, 1.807) is 18.2 Å². The van der Waals surface area contributed by atoms with E-state index in [1.807, 2.05) is 6.92 Å². The second kappa shape index (κ2) is 4.51. The number of hydrogen-bond donors (Lipinski definition) is 3. The molecule has 1 amide bonds. The van der Waals surface area contributed by atoms with Gasteiger partial charge in [-0.25, -0.2) is 0 Å². The molecule has 0 atom stereocenters. The first-order valence-electron chi connectivity index (χ1n) is 5.01. The third-order valence-corrected chi connectivity index (χ3v) is 2.51. The van der Waals surface area contributed by atoms with Crippen molar-refractivity contribution in [1.29, 1.82) is 0 Å². The average molecular weight is 251 g/mol.